The van der Waals surface area contributed by atoms with E-state index in [1.807, 2.05) is 0 Å². The molecule has 0 aliphatic carbocycles. The molecular formula is C8H5ClNNaO4. The van der Waals surface area contributed by atoms with Gasteiger partial charge in [0.2, 0.25) is 0 Å². The first kappa shape index (κ1) is 14.4. The maximum Gasteiger partial charge on any atom is 1.00 e. The smallest absolute Gasteiger partial charge is 0.545 e. The van der Waals surface area contributed by atoms with Gasteiger partial charge in [-0.3, -0.25) is 10.1 Å². The number of carboxylic acid groups (broad SMARTS) is 1. The van der Waals surface area contributed by atoms with Crippen LogP contribution in [0, 0.1) is 10.1 Å². The molecule has 0 N–H and O–H groups in total. The van der Waals surface area contributed by atoms with Gasteiger partial charge in [0.15, 0.2) is 0 Å². The molecule has 0 saturated carbocycles. The Morgan fingerprint density at radius 1 is 1.47 bits per heavy atom. The first-order valence-electron chi connectivity index (χ1n) is 3.61. The number of nitrogens with zero attached hydrogens (tertiary/aromatic N) is 1. The minimum atomic E-state index is -1.58. The zero-order valence-corrected chi connectivity index (χ0v) is 10.7. The second kappa shape index (κ2) is 6.07. The van der Waals surface area contributed by atoms with Gasteiger partial charge in [-0.1, -0.05) is 6.07 Å². The van der Waals surface area contributed by atoms with Crippen LogP contribution in [0.1, 0.15) is 15.9 Å². The molecule has 0 atom stereocenters. The van der Waals surface area contributed by atoms with E-state index in [4.69, 9.17) is 11.6 Å². The van der Waals surface area contributed by atoms with Gasteiger partial charge >= 0.3 is 29.6 Å². The molecule has 0 amide bonds. The number of nitro benzene ring substituents is 1. The third kappa shape index (κ3) is 3.46. The summed E-state index contributed by atoms with van der Waals surface area (Å²) in [6.07, 6.45) is 0. The zero-order chi connectivity index (χ0) is 10.7. The number of aromatic carboxylic acids is 1. The Balaban J connectivity index is 0.00000196. The van der Waals surface area contributed by atoms with Gasteiger partial charge in [0.25, 0.3) is 5.69 Å². The predicted molar refractivity (Wildman–Crippen MR) is 47.0 cm³/mol. The Morgan fingerprint density at radius 3 is 2.47 bits per heavy atom. The van der Waals surface area contributed by atoms with Crippen molar-refractivity contribution in [2.24, 2.45) is 0 Å². The van der Waals surface area contributed by atoms with E-state index in [1.54, 1.807) is 0 Å². The first-order chi connectivity index (χ1) is 6.56. The molecule has 1 rings (SSSR count). The summed E-state index contributed by atoms with van der Waals surface area (Å²) in [6.45, 7) is 0. The molecule has 1 aromatic rings. The Morgan fingerprint density at radius 2 is 2.07 bits per heavy atom. The van der Waals surface area contributed by atoms with E-state index in [9.17, 15) is 20.0 Å². The number of nitro groups is 1. The Labute approximate surface area is 112 Å². The van der Waals surface area contributed by atoms with E-state index in [2.05, 4.69) is 0 Å². The molecule has 5 nitrogen and oxygen atoms in total. The normalized spacial score (nSPS) is 9.13. The average molecular weight is 238 g/mol. The summed E-state index contributed by atoms with van der Waals surface area (Å²) in [5.41, 5.74) is -0.441. The summed E-state index contributed by atoms with van der Waals surface area (Å²) in [4.78, 5) is 20.2. The van der Waals surface area contributed by atoms with Crippen LogP contribution in [0.5, 0.6) is 0 Å². The SMILES string of the molecule is O=C([O-])c1cc(CCl)ccc1[N+](=O)[O-].[Na+]. The molecule has 74 valence electrons. The summed E-state index contributed by atoms with van der Waals surface area (Å²) < 4.78 is 0. The molecule has 0 aromatic heterocycles. The largest absolute Gasteiger partial charge is 1.00 e. The fourth-order valence-corrected chi connectivity index (χ4v) is 1.16. The molecule has 0 fully saturated rings. The van der Waals surface area contributed by atoms with E-state index >= 15 is 0 Å². The van der Waals surface area contributed by atoms with Crippen LogP contribution in [0.3, 0.4) is 0 Å². The number of halogens is 1. The number of rotatable bonds is 3. The van der Waals surface area contributed by atoms with Crippen molar-refractivity contribution in [1.29, 1.82) is 0 Å². The van der Waals surface area contributed by atoms with Crippen molar-refractivity contribution in [2.75, 3.05) is 0 Å². The maximum atomic E-state index is 10.5. The number of carboxylic acids is 1. The minimum Gasteiger partial charge on any atom is -0.545 e. The van der Waals surface area contributed by atoms with E-state index in [0.29, 0.717) is 5.56 Å². The van der Waals surface area contributed by atoms with Gasteiger partial charge in [0.05, 0.1) is 16.5 Å². The Hall–Kier alpha value is -0.620. The van der Waals surface area contributed by atoms with Gasteiger partial charge in [0, 0.05) is 11.9 Å². The topological polar surface area (TPSA) is 83.3 Å². The maximum absolute atomic E-state index is 10.5. The quantitative estimate of drug-likeness (QED) is 0.256. The van der Waals surface area contributed by atoms with Gasteiger partial charge < -0.3 is 9.90 Å². The van der Waals surface area contributed by atoms with Crippen LogP contribution in [0.25, 0.3) is 0 Å². The monoisotopic (exact) mass is 237 g/mol. The molecule has 1 aromatic carbocycles. The molecule has 0 heterocycles. The van der Waals surface area contributed by atoms with E-state index in [-0.39, 0.29) is 35.4 Å². The first-order valence-corrected chi connectivity index (χ1v) is 4.14. The zero-order valence-electron chi connectivity index (χ0n) is 7.90. The summed E-state index contributed by atoms with van der Waals surface area (Å²) in [6, 6.07) is 3.64. The number of benzene rings is 1. The number of carbonyl (C=O) groups is 1. The van der Waals surface area contributed by atoms with Gasteiger partial charge in [0.1, 0.15) is 0 Å². The molecule has 0 saturated heterocycles. The predicted octanol–water partition coefficient (Wildman–Crippen LogP) is -2.30. The van der Waals surface area contributed by atoms with E-state index in [0.717, 1.165) is 12.1 Å². The van der Waals surface area contributed by atoms with Crippen LogP contribution < -0.4 is 34.7 Å². The van der Waals surface area contributed by atoms with Crippen LogP contribution in [-0.2, 0) is 5.88 Å². The van der Waals surface area contributed by atoms with Crippen molar-refractivity contribution in [3.05, 3.63) is 39.4 Å². The van der Waals surface area contributed by atoms with Gasteiger partial charge in [-0.2, -0.15) is 0 Å². The van der Waals surface area contributed by atoms with Crippen molar-refractivity contribution >= 4 is 23.3 Å². The minimum absolute atomic E-state index is 0. The Kier molecular flexibility index (Phi) is 5.82. The van der Waals surface area contributed by atoms with Crippen LogP contribution in [0.4, 0.5) is 5.69 Å². The van der Waals surface area contributed by atoms with Crippen molar-refractivity contribution in [2.45, 2.75) is 5.88 Å². The standard InChI is InChI=1S/C8H6ClNO4.Na/c9-4-5-1-2-7(10(13)14)6(3-5)8(11)12;/h1-3H,4H2,(H,11,12);/q;+1/p-1. The number of hydrogen-bond donors (Lipinski definition) is 0. The van der Waals surface area contributed by atoms with Gasteiger partial charge in [-0.25, -0.2) is 0 Å². The molecule has 0 aliphatic rings. The van der Waals surface area contributed by atoms with Gasteiger partial charge in [-0.05, 0) is 11.6 Å². The number of carbonyl (C=O) groups excluding carboxylic acids is 1. The molecule has 0 unspecified atom stereocenters. The van der Waals surface area contributed by atoms with Crippen molar-refractivity contribution in [3.8, 4) is 0 Å². The molecule has 0 aliphatic heterocycles. The second-order valence-electron chi connectivity index (χ2n) is 2.53. The molecule has 0 radical (unpaired) electrons. The van der Waals surface area contributed by atoms with Crippen LogP contribution in [-0.4, -0.2) is 10.9 Å². The van der Waals surface area contributed by atoms with Crippen LogP contribution >= 0.6 is 11.6 Å². The average Bonchev–Trinajstić information content (AvgIpc) is 2.16. The molecule has 15 heavy (non-hydrogen) atoms. The van der Waals surface area contributed by atoms with Crippen molar-refractivity contribution < 1.29 is 44.4 Å². The van der Waals surface area contributed by atoms with E-state index in [1.165, 1.54) is 6.07 Å². The van der Waals surface area contributed by atoms with Crippen molar-refractivity contribution in [1.82, 2.24) is 0 Å². The molecule has 7 heteroatoms. The second-order valence-corrected chi connectivity index (χ2v) is 2.80. The van der Waals surface area contributed by atoms with Crippen LogP contribution in [0.2, 0.25) is 0 Å². The summed E-state index contributed by atoms with van der Waals surface area (Å²) in [5, 5.41) is 20.9. The number of hydrogen-bond acceptors (Lipinski definition) is 4. The molecule has 0 bridgehead atoms. The van der Waals surface area contributed by atoms with Gasteiger partial charge in [-0.15, -0.1) is 11.6 Å². The summed E-state index contributed by atoms with van der Waals surface area (Å²) in [7, 11) is 0. The third-order valence-electron chi connectivity index (χ3n) is 1.63. The fourth-order valence-electron chi connectivity index (χ4n) is 0.989. The number of alkyl halides is 1. The molecular weight excluding hydrogens is 233 g/mol. The summed E-state index contributed by atoms with van der Waals surface area (Å²) >= 11 is 5.45. The fraction of sp³-hybridized carbons (Fsp3) is 0.125. The summed E-state index contributed by atoms with van der Waals surface area (Å²) in [5.74, 6) is -1.48. The van der Waals surface area contributed by atoms with E-state index < -0.39 is 22.1 Å². The third-order valence-corrected chi connectivity index (χ3v) is 1.94. The molecule has 0 spiro atoms. The van der Waals surface area contributed by atoms with Crippen LogP contribution in [0.15, 0.2) is 18.2 Å². The Bertz CT molecular complexity index is 396. The van der Waals surface area contributed by atoms with Crippen molar-refractivity contribution in [3.63, 3.8) is 0 Å².